The predicted molar refractivity (Wildman–Crippen MR) is 61.9 cm³/mol. The van der Waals surface area contributed by atoms with Crippen LogP contribution in [-0.2, 0) is 4.79 Å². The Labute approximate surface area is 89.9 Å². The monoisotopic (exact) mass is 204 g/mol. The summed E-state index contributed by atoms with van der Waals surface area (Å²) in [5.41, 5.74) is 8.58. The maximum atomic E-state index is 12.0. The number of nitrogens with zero attached hydrogens (tertiary/aromatic N) is 1. The van der Waals surface area contributed by atoms with Gasteiger partial charge in [0.2, 0.25) is 5.91 Å². The minimum Gasteiger partial charge on any atom is -0.397 e. The molecule has 0 fully saturated rings. The second-order valence-corrected chi connectivity index (χ2v) is 4.02. The molecule has 1 aromatic carbocycles. The molecule has 2 N–H and O–H groups in total. The molecular formula is C12H16N2O. The molecule has 0 aromatic heterocycles. The summed E-state index contributed by atoms with van der Waals surface area (Å²) in [6.07, 6.45) is 1.91. The molecule has 2 rings (SSSR count). The second-order valence-electron chi connectivity index (χ2n) is 4.02. The number of rotatable bonds is 2. The van der Waals surface area contributed by atoms with Gasteiger partial charge < -0.3 is 10.6 Å². The minimum absolute atomic E-state index is 0.0125. The number of para-hydroxylation sites is 1. The first kappa shape index (κ1) is 10.0. The summed E-state index contributed by atoms with van der Waals surface area (Å²) in [7, 11) is 1.80. The molecule has 3 nitrogen and oxygen atoms in total. The molecule has 1 atom stereocenters. The van der Waals surface area contributed by atoms with Gasteiger partial charge in [-0.2, -0.15) is 0 Å². The summed E-state index contributed by atoms with van der Waals surface area (Å²) >= 11 is 0. The number of benzene rings is 1. The fraction of sp³-hybridized carbons (Fsp3) is 0.417. The first-order valence-corrected chi connectivity index (χ1v) is 5.32. The number of hydrogen-bond donors (Lipinski definition) is 1. The SMILES string of the molecule is CCCC1C(=O)N(C)c2c(N)cccc21. The molecule has 1 aromatic rings. The first-order chi connectivity index (χ1) is 7.16. The molecule has 1 amide bonds. The van der Waals surface area contributed by atoms with Gasteiger partial charge in [0.25, 0.3) is 0 Å². The van der Waals surface area contributed by atoms with Gasteiger partial charge in [0.05, 0.1) is 17.3 Å². The smallest absolute Gasteiger partial charge is 0.234 e. The molecule has 0 saturated carbocycles. The lowest BCUT2D eigenvalue weighted by Crippen LogP contribution is -2.24. The summed E-state index contributed by atoms with van der Waals surface area (Å²) in [6.45, 7) is 2.09. The van der Waals surface area contributed by atoms with Crippen LogP contribution in [0.15, 0.2) is 18.2 Å². The summed E-state index contributed by atoms with van der Waals surface area (Å²) < 4.78 is 0. The molecule has 80 valence electrons. The van der Waals surface area contributed by atoms with E-state index in [1.165, 1.54) is 0 Å². The van der Waals surface area contributed by atoms with Gasteiger partial charge >= 0.3 is 0 Å². The number of anilines is 2. The number of nitrogens with two attached hydrogens (primary N) is 1. The average Bonchev–Trinajstić information content (AvgIpc) is 2.45. The van der Waals surface area contributed by atoms with Gasteiger partial charge in [-0.1, -0.05) is 25.5 Å². The molecule has 0 saturated heterocycles. The fourth-order valence-corrected chi connectivity index (χ4v) is 2.29. The average molecular weight is 204 g/mol. The van der Waals surface area contributed by atoms with Gasteiger partial charge in [-0.25, -0.2) is 0 Å². The topological polar surface area (TPSA) is 46.3 Å². The fourth-order valence-electron chi connectivity index (χ4n) is 2.29. The van der Waals surface area contributed by atoms with Crippen LogP contribution >= 0.6 is 0 Å². The Kier molecular flexibility index (Phi) is 2.39. The van der Waals surface area contributed by atoms with Crippen molar-refractivity contribution in [1.82, 2.24) is 0 Å². The quantitative estimate of drug-likeness (QED) is 0.750. The number of carbonyl (C=O) groups is 1. The standard InChI is InChI=1S/C12H16N2O/c1-3-5-9-8-6-4-7-10(13)11(8)14(2)12(9)15/h4,6-7,9H,3,5,13H2,1-2H3. The summed E-state index contributed by atoms with van der Waals surface area (Å²) in [4.78, 5) is 13.7. The van der Waals surface area contributed by atoms with Crippen molar-refractivity contribution in [3.8, 4) is 0 Å². The third kappa shape index (κ3) is 1.39. The Balaban J connectivity index is 2.50. The lowest BCUT2D eigenvalue weighted by Gasteiger charge is -2.12. The lowest BCUT2D eigenvalue weighted by molar-refractivity contribution is -0.119. The molecule has 3 heteroatoms. The van der Waals surface area contributed by atoms with Gasteiger partial charge in [-0.3, -0.25) is 4.79 Å². The van der Waals surface area contributed by atoms with Gasteiger partial charge in [0.15, 0.2) is 0 Å². The van der Waals surface area contributed by atoms with E-state index >= 15 is 0 Å². The van der Waals surface area contributed by atoms with E-state index in [2.05, 4.69) is 6.92 Å². The maximum Gasteiger partial charge on any atom is 0.234 e. The van der Waals surface area contributed by atoms with E-state index in [9.17, 15) is 4.79 Å². The van der Waals surface area contributed by atoms with Gasteiger partial charge in [-0.05, 0) is 18.1 Å². The third-order valence-electron chi connectivity index (χ3n) is 3.02. The van der Waals surface area contributed by atoms with Crippen LogP contribution in [0.25, 0.3) is 0 Å². The molecule has 1 unspecified atom stereocenters. The van der Waals surface area contributed by atoms with E-state index in [0.717, 1.165) is 24.1 Å². The van der Waals surface area contributed by atoms with E-state index in [1.54, 1.807) is 11.9 Å². The van der Waals surface area contributed by atoms with Crippen LogP contribution in [0.4, 0.5) is 11.4 Å². The lowest BCUT2D eigenvalue weighted by atomic mass is 9.96. The van der Waals surface area contributed by atoms with Crippen LogP contribution in [0.2, 0.25) is 0 Å². The summed E-state index contributed by atoms with van der Waals surface area (Å²) in [5.74, 6) is 0.184. The number of likely N-dealkylation sites (N-methyl/N-ethyl adjacent to an activating group) is 1. The van der Waals surface area contributed by atoms with Gasteiger partial charge in [0.1, 0.15) is 0 Å². The molecular weight excluding hydrogens is 188 g/mol. The molecule has 1 aliphatic heterocycles. The zero-order valence-electron chi connectivity index (χ0n) is 9.16. The van der Waals surface area contributed by atoms with Crippen molar-refractivity contribution < 1.29 is 4.79 Å². The van der Waals surface area contributed by atoms with E-state index in [4.69, 9.17) is 5.73 Å². The summed E-state index contributed by atoms with van der Waals surface area (Å²) in [5, 5.41) is 0. The highest BCUT2D eigenvalue weighted by atomic mass is 16.2. The highest BCUT2D eigenvalue weighted by Crippen LogP contribution is 2.42. The van der Waals surface area contributed by atoms with Crippen LogP contribution in [0.3, 0.4) is 0 Å². The molecule has 15 heavy (non-hydrogen) atoms. The highest BCUT2D eigenvalue weighted by molar-refractivity contribution is 6.07. The number of nitrogen functional groups attached to an aromatic ring is 1. The van der Waals surface area contributed by atoms with E-state index in [-0.39, 0.29) is 11.8 Å². The Morgan fingerprint density at radius 1 is 1.47 bits per heavy atom. The van der Waals surface area contributed by atoms with E-state index in [0.29, 0.717) is 5.69 Å². The second kappa shape index (κ2) is 3.57. The number of amides is 1. The number of carbonyl (C=O) groups excluding carboxylic acids is 1. The Morgan fingerprint density at radius 3 is 2.87 bits per heavy atom. The van der Waals surface area contributed by atoms with Gasteiger partial charge in [0, 0.05) is 7.05 Å². The zero-order chi connectivity index (χ0) is 11.0. The van der Waals surface area contributed by atoms with Crippen molar-refractivity contribution in [2.45, 2.75) is 25.7 Å². The van der Waals surface area contributed by atoms with Crippen molar-refractivity contribution in [3.63, 3.8) is 0 Å². The third-order valence-corrected chi connectivity index (χ3v) is 3.02. The van der Waals surface area contributed by atoms with Gasteiger partial charge in [-0.15, -0.1) is 0 Å². The first-order valence-electron chi connectivity index (χ1n) is 5.32. The van der Waals surface area contributed by atoms with Crippen molar-refractivity contribution >= 4 is 17.3 Å². The van der Waals surface area contributed by atoms with Crippen molar-refractivity contribution in [2.24, 2.45) is 0 Å². The molecule has 1 heterocycles. The molecule has 0 radical (unpaired) electrons. The van der Waals surface area contributed by atoms with Crippen molar-refractivity contribution in [2.75, 3.05) is 17.7 Å². The zero-order valence-corrected chi connectivity index (χ0v) is 9.16. The van der Waals surface area contributed by atoms with Crippen LogP contribution in [0, 0.1) is 0 Å². The van der Waals surface area contributed by atoms with Crippen LogP contribution in [0.1, 0.15) is 31.2 Å². The molecule has 0 bridgehead atoms. The Hall–Kier alpha value is -1.51. The van der Waals surface area contributed by atoms with Crippen molar-refractivity contribution in [3.05, 3.63) is 23.8 Å². The minimum atomic E-state index is 0.0125. The molecule has 1 aliphatic rings. The molecule has 0 aliphatic carbocycles. The van der Waals surface area contributed by atoms with Crippen molar-refractivity contribution in [1.29, 1.82) is 0 Å². The number of fused-ring (bicyclic) bond motifs is 1. The summed E-state index contributed by atoms with van der Waals surface area (Å²) in [6, 6.07) is 5.77. The predicted octanol–water partition coefficient (Wildman–Crippen LogP) is 2.13. The Bertz CT molecular complexity index is 401. The van der Waals surface area contributed by atoms with E-state index < -0.39 is 0 Å². The highest BCUT2D eigenvalue weighted by Gasteiger charge is 2.35. The number of hydrogen-bond acceptors (Lipinski definition) is 2. The largest absolute Gasteiger partial charge is 0.397 e. The molecule has 0 spiro atoms. The normalized spacial score (nSPS) is 19.5. The van der Waals surface area contributed by atoms with Crippen LogP contribution in [-0.4, -0.2) is 13.0 Å². The Morgan fingerprint density at radius 2 is 2.20 bits per heavy atom. The van der Waals surface area contributed by atoms with Crippen LogP contribution < -0.4 is 10.6 Å². The van der Waals surface area contributed by atoms with Crippen LogP contribution in [0.5, 0.6) is 0 Å². The van der Waals surface area contributed by atoms with E-state index in [1.807, 2.05) is 18.2 Å². The maximum absolute atomic E-state index is 12.0.